The van der Waals surface area contributed by atoms with Gasteiger partial charge in [-0.1, -0.05) is 6.07 Å². The Labute approximate surface area is 117 Å². The van der Waals surface area contributed by atoms with Crippen molar-refractivity contribution in [3.05, 3.63) is 30.3 Å². The number of benzene rings is 2. The predicted molar refractivity (Wildman–Crippen MR) is 77.6 cm³/mol. The zero-order chi connectivity index (χ0) is 14.7. The van der Waals surface area contributed by atoms with Crippen LogP contribution in [0.2, 0.25) is 0 Å². The van der Waals surface area contributed by atoms with Crippen molar-refractivity contribution in [3.63, 3.8) is 0 Å². The Hall–Kier alpha value is -2.56. The Kier molecular flexibility index (Phi) is 3.89. The highest BCUT2D eigenvalue weighted by molar-refractivity contribution is 5.79. The summed E-state index contributed by atoms with van der Waals surface area (Å²) >= 11 is 0. The molecule has 0 saturated carbocycles. The first-order valence-corrected chi connectivity index (χ1v) is 6.00. The van der Waals surface area contributed by atoms with E-state index in [1.807, 2.05) is 6.07 Å². The average Bonchev–Trinajstić information content (AvgIpc) is 2.48. The minimum absolute atomic E-state index is 0.0493. The number of ether oxygens (including phenoxy) is 3. The van der Waals surface area contributed by atoms with Crippen LogP contribution in [-0.2, 0) is 0 Å². The van der Waals surface area contributed by atoms with E-state index < -0.39 is 0 Å². The molecular formula is C15H17NO4. The Morgan fingerprint density at radius 3 is 2.15 bits per heavy atom. The smallest absolute Gasteiger partial charge is 0.203 e. The molecule has 0 saturated heterocycles. The molecule has 5 heteroatoms. The van der Waals surface area contributed by atoms with Crippen LogP contribution in [0.3, 0.4) is 0 Å². The highest BCUT2D eigenvalue weighted by Crippen LogP contribution is 2.44. The monoisotopic (exact) mass is 275 g/mol. The van der Waals surface area contributed by atoms with Gasteiger partial charge in [-0.15, -0.1) is 0 Å². The van der Waals surface area contributed by atoms with E-state index in [9.17, 15) is 5.11 Å². The number of hydrogen-bond donors (Lipinski definition) is 2. The summed E-state index contributed by atoms with van der Waals surface area (Å²) in [7, 11) is 4.68. The number of nitrogen functional groups attached to an aromatic ring is 1. The van der Waals surface area contributed by atoms with E-state index in [2.05, 4.69) is 0 Å². The minimum Gasteiger partial charge on any atom is -0.506 e. The normalized spacial score (nSPS) is 10.2. The van der Waals surface area contributed by atoms with E-state index in [0.717, 1.165) is 11.1 Å². The number of rotatable bonds is 4. The van der Waals surface area contributed by atoms with Gasteiger partial charge in [0.1, 0.15) is 5.75 Å². The Bertz CT molecular complexity index is 626. The van der Waals surface area contributed by atoms with Crippen LogP contribution in [0, 0.1) is 0 Å². The second-order valence-corrected chi connectivity index (χ2v) is 4.16. The first-order chi connectivity index (χ1) is 9.62. The van der Waals surface area contributed by atoms with E-state index >= 15 is 0 Å². The fourth-order valence-corrected chi connectivity index (χ4v) is 2.05. The third-order valence-electron chi connectivity index (χ3n) is 3.04. The molecule has 0 radical (unpaired) electrons. The minimum atomic E-state index is 0.0493. The molecule has 2 rings (SSSR count). The average molecular weight is 275 g/mol. The number of methoxy groups -OCH3 is 3. The molecule has 0 aliphatic heterocycles. The molecule has 0 spiro atoms. The molecule has 0 aliphatic rings. The highest BCUT2D eigenvalue weighted by Gasteiger charge is 2.17. The number of phenols is 1. The van der Waals surface area contributed by atoms with Gasteiger partial charge in [0.2, 0.25) is 5.75 Å². The Morgan fingerprint density at radius 2 is 1.60 bits per heavy atom. The van der Waals surface area contributed by atoms with Crippen molar-refractivity contribution < 1.29 is 19.3 Å². The lowest BCUT2D eigenvalue weighted by molar-refractivity contribution is 0.325. The van der Waals surface area contributed by atoms with Crippen molar-refractivity contribution in [1.82, 2.24) is 0 Å². The fraction of sp³-hybridized carbons (Fsp3) is 0.200. The maximum absolute atomic E-state index is 9.50. The largest absolute Gasteiger partial charge is 0.506 e. The molecule has 106 valence electrons. The molecule has 0 bridgehead atoms. The molecule has 0 atom stereocenters. The van der Waals surface area contributed by atoms with Gasteiger partial charge in [0.15, 0.2) is 11.5 Å². The lowest BCUT2D eigenvalue weighted by atomic mass is 10.0. The van der Waals surface area contributed by atoms with Gasteiger partial charge in [-0.05, 0) is 29.8 Å². The molecular weight excluding hydrogens is 258 g/mol. The summed E-state index contributed by atoms with van der Waals surface area (Å²) < 4.78 is 16.0. The first kappa shape index (κ1) is 13.9. The summed E-state index contributed by atoms with van der Waals surface area (Å²) in [6.07, 6.45) is 0. The summed E-state index contributed by atoms with van der Waals surface area (Å²) in [5.74, 6) is 1.70. The predicted octanol–water partition coefficient (Wildman–Crippen LogP) is 2.67. The van der Waals surface area contributed by atoms with Crippen molar-refractivity contribution in [2.75, 3.05) is 27.1 Å². The molecule has 2 aromatic rings. The molecule has 20 heavy (non-hydrogen) atoms. The summed E-state index contributed by atoms with van der Waals surface area (Å²) in [5, 5.41) is 9.50. The van der Waals surface area contributed by atoms with Crippen molar-refractivity contribution in [3.8, 4) is 34.1 Å². The SMILES string of the molecule is COc1ccc(-c2ccc(O)c(N)c2)c(OC)c1OC. The zero-order valence-corrected chi connectivity index (χ0v) is 11.6. The summed E-state index contributed by atoms with van der Waals surface area (Å²) in [6, 6.07) is 8.63. The molecule has 5 nitrogen and oxygen atoms in total. The third kappa shape index (κ3) is 2.30. The van der Waals surface area contributed by atoms with Crippen LogP contribution < -0.4 is 19.9 Å². The maximum Gasteiger partial charge on any atom is 0.203 e. The fourth-order valence-electron chi connectivity index (χ4n) is 2.05. The van der Waals surface area contributed by atoms with Crippen LogP contribution in [0.4, 0.5) is 5.69 Å². The van der Waals surface area contributed by atoms with E-state index in [4.69, 9.17) is 19.9 Å². The number of hydrogen-bond acceptors (Lipinski definition) is 5. The van der Waals surface area contributed by atoms with E-state index in [-0.39, 0.29) is 5.75 Å². The van der Waals surface area contributed by atoms with Crippen molar-refractivity contribution in [2.45, 2.75) is 0 Å². The van der Waals surface area contributed by atoms with Crippen LogP contribution in [0.1, 0.15) is 0 Å². The second-order valence-electron chi connectivity index (χ2n) is 4.16. The van der Waals surface area contributed by atoms with E-state index in [0.29, 0.717) is 22.9 Å². The van der Waals surface area contributed by atoms with Crippen molar-refractivity contribution in [2.24, 2.45) is 0 Å². The van der Waals surface area contributed by atoms with Gasteiger partial charge in [0, 0.05) is 5.56 Å². The van der Waals surface area contributed by atoms with Crippen LogP contribution in [0.15, 0.2) is 30.3 Å². The Balaban J connectivity index is 2.64. The maximum atomic E-state index is 9.50. The molecule has 0 aliphatic carbocycles. The lowest BCUT2D eigenvalue weighted by Crippen LogP contribution is -1.97. The molecule has 2 aromatic carbocycles. The number of anilines is 1. The topological polar surface area (TPSA) is 73.9 Å². The third-order valence-corrected chi connectivity index (χ3v) is 3.04. The van der Waals surface area contributed by atoms with Crippen LogP contribution in [0.25, 0.3) is 11.1 Å². The number of nitrogens with two attached hydrogens (primary N) is 1. The van der Waals surface area contributed by atoms with Gasteiger partial charge in [0.25, 0.3) is 0 Å². The van der Waals surface area contributed by atoms with Crippen molar-refractivity contribution >= 4 is 5.69 Å². The summed E-state index contributed by atoms with van der Waals surface area (Å²) in [6.45, 7) is 0. The molecule has 0 aromatic heterocycles. The van der Waals surface area contributed by atoms with Gasteiger partial charge in [0.05, 0.1) is 27.0 Å². The quantitative estimate of drug-likeness (QED) is 0.663. The van der Waals surface area contributed by atoms with Gasteiger partial charge in [-0.3, -0.25) is 0 Å². The zero-order valence-electron chi connectivity index (χ0n) is 11.6. The van der Waals surface area contributed by atoms with Gasteiger partial charge < -0.3 is 25.1 Å². The molecule has 3 N–H and O–H groups in total. The van der Waals surface area contributed by atoms with Gasteiger partial charge in [-0.2, -0.15) is 0 Å². The highest BCUT2D eigenvalue weighted by atomic mass is 16.5. The number of aromatic hydroxyl groups is 1. The van der Waals surface area contributed by atoms with E-state index in [1.165, 1.54) is 0 Å². The Morgan fingerprint density at radius 1 is 0.900 bits per heavy atom. The molecule has 0 fully saturated rings. The van der Waals surface area contributed by atoms with Gasteiger partial charge in [-0.25, -0.2) is 0 Å². The second kappa shape index (κ2) is 5.61. The van der Waals surface area contributed by atoms with Gasteiger partial charge >= 0.3 is 0 Å². The first-order valence-electron chi connectivity index (χ1n) is 6.00. The standard InChI is InChI=1S/C15H17NO4/c1-18-13-7-5-10(14(19-2)15(13)20-3)9-4-6-12(17)11(16)8-9/h4-8,17H,16H2,1-3H3. The number of phenolic OH excluding ortho intramolecular Hbond substituents is 1. The lowest BCUT2D eigenvalue weighted by Gasteiger charge is -2.16. The molecule has 0 unspecified atom stereocenters. The van der Waals surface area contributed by atoms with Crippen LogP contribution >= 0.6 is 0 Å². The molecule has 0 heterocycles. The summed E-state index contributed by atoms with van der Waals surface area (Å²) in [4.78, 5) is 0. The van der Waals surface area contributed by atoms with Crippen LogP contribution in [-0.4, -0.2) is 26.4 Å². The van der Waals surface area contributed by atoms with E-state index in [1.54, 1.807) is 45.6 Å². The summed E-state index contributed by atoms with van der Waals surface area (Å²) in [5.41, 5.74) is 7.65. The van der Waals surface area contributed by atoms with Crippen molar-refractivity contribution in [1.29, 1.82) is 0 Å². The molecule has 0 amide bonds. The van der Waals surface area contributed by atoms with Crippen LogP contribution in [0.5, 0.6) is 23.0 Å².